The van der Waals surface area contributed by atoms with Crippen LogP contribution >= 0.6 is 0 Å². The normalized spacial score (nSPS) is 12.0. The quantitative estimate of drug-likeness (QED) is 0.655. The molecule has 4 nitrogen and oxygen atoms in total. The number of hydrogen-bond acceptors (Lipinski definition) is 4. The molecule has 1 unspecified atom stereocenters. The number of ether oxygens (including phenoxy) is 2. The highest BCUT2D eigenvalue weighted by Gasteiger charge is 2.20. The van der Waals surface area contributed by atoms with Crippen molar-refractivity contribution in [2.75, 3.05) is 14.2 Å². The fraction of sp³-hybridized carbons (Fsp3) is 0.294. The molecule has 2 aromatic carbocycles. The lowest BCUT2D eigenvalue weighted by Crippen LogP contribution is -2.30. The molecular weight excluding hydrogens is 264 g/mol. The van der Waals surface area contributed by atoms with Crippen LogP contribution in [0.5, 0.6) is 11.5 Å². The molecule has 2 aromatic rings. The van der Waals surface area contributed by atoms with Crippen LogP contribution in [0, 0.1) is 13.8 Å². The number of nitrogens with two attached hydrogens (primary N) is 1. The fourth-order valence-electron chi connectivity index (χ4n) is 2.67. The molecule has 0 aromatic heterocycles. The fourth-order valence-corrected chi connectivity index (χ4v) is 2.67. The summed E-state index contributed by atoms with van der Waals surface area (Å²) < 4.78 is 10.7. The van der Waals surface area contributed by atoms with Crippen LogP contribution in [-0.2, 0) is 0 Å². The maximum atomic E-state index is 5.83. The van der Waals surface area contributed by atoms with E-state index in [4.69, 9.17) is 15.3 Å². The maximum Gasteiger partial charge on any atom is 0.127 e. The monoisotopic (exact) mass is 286 g/mol. The van der Waals surface area contributed by atoms with Crippen molar-refractivity contribution in [3.63, 3.8) is 0 Å². The molecule has 0 saturated carbocycles. The molecule has 1 atom stereocenters. The first-order valence-corrected chi connectivity index (χ1v) is 6.86. The smallest absolute Gasteiger partial charge is 0.127 e. The third kappa shape index (κ3) is 3.01. The number of nitrogens with one attached hydrogen (secondary N) is 1. The van der Waals surface area contributed by atoms with Crippen LogP contribution in [0.4, 0.5) is 0 Å². The van der Waals surface area contributed by atoms with Crippen LogP contribution in [0.15, 0.2) is 36.4 Å². The van der Waals surface area contributed by atoms with Gasteiger partial charge in [-0.15, -0.1) is 0 Å². The summed E-state index contributed by atoms with van der Waals surface area (Å²) in [6, 6.07) is 11.8. The Morgan fingerprint density at radius 3 is 2.19 bits per heavy atom. The molecule has 0 radical (unpaired) electrons. The van der Waals surface area contributed by atoms with Gasteiger partial charge in [0, 0.05) is 11.6 Å². The third-order valence-electron chi connectivity index (χ3n) is 3.75. The van der Waals surface area contributed by atoms with Crippen LogP contribution in [0.2, 0.25) is 0 Å². The summed E-state index contributed by atoms with van der Waals surface area (Å²) in [5, 5.41) is 0. The van der Waals surface area contributed by atoms with Crippen molar-refractivity contribution < 1.29 is 9.47 Å². The van der Waals surface area contributed by atoms with Gasteiger partial charge in [-0.1, -0.05) is 18.2 Å². The number of benzene rings is 2. The summed E-state index contributed by atoms with van der Waals surface area (Å²) in [6.07, 6.45) is 0. The molecule has 0 amide bonds. The summed E-state index contributed by atoms with van der Waals surface area (Å²) in [4.78, 5) is 0. The van der Waals surface area contributed by atoms with E-state index in [0.717, 1.165) is 17.1 Å². The van der Waals surface area contributed by atoms with Crippen LogP contribution in [-0.4, -0.2) is 14.2 Å². The van der Waals surface area contributed by atoms with Gasteiger partial charge in [0.15, 0.2) is 0 Å². The Kier molecular flexibility index (Phi) is 4.83. The molecule has 0 aliphatic rings. The van der Waals surface area contributed by atoms with Crippen LogP contribution < -0.4 is 20.7 Å². The number of rotatable bonds is 5. The van der Waals surface area contributed by atoms with E-state index in [1.165, 1.54) is 16.7 Å². The van der Waals surface area contributed by atoms with Crippen molar-refractivity contribution >= 4 is 0 Å². The van der Waals surface area contributed by atoms with Crippen molar-refractivity contribution in [1.82, 2.24) is 5.43 Å². The predicted molar refractivity (Wildman–Crippen MR) is 84.6 cm³/mol. The minimum Gasteiger partial charge on any atom is -0.497 e. The molecule has 0 aliphatic carbocycles. The van der Waals surface area contributed by atoms with Gasteiger partial charge in [-0.25, -0.2) is 5.43 Å². The van der Waals surface area contributed by atoms with E-state index in [9.17, 15) is 0 Å². The average molecular weight is 286 g/mol. The number of methoxy groups -OCH3 is 2. The van der Waals surface area contributed by atoms with E-state index in [0.29, 0.717) is 0 Å². The van der Waals surface area contributed by atoms with Gasteiger partial charge in [0.2, 0.25) is 0 Å². The third-order valence-corrected chi connectivity index (χ3v) is 3.75. The van der Waals surface area contributed by atoms with Crippen LogP contribution in [0.1, 0.15) is 28.3 Å². The zero-order chi connectivity index (χ0) is 15.4. The second-order valence-electron chi connectivity index (χ2n) is 5.01. The first-order chi connectivity index (χ1) is 10.1. The zero-order valence-corrected chi connectivity index (χ0v) is 12.9. The minimum atomic E-state index is -0.132. The molecule has 0 spiro atoms. The van der Waals surface area contributed by atoms with E-state index in [-0.39, 0.29) is 6.04 Å². The van der Waals surface area contributed by atoms with E-state index in [2.05, 4.69) is 31.4 Å². The largest absolute Gasteiger partial charge is 0.497 e. The van der Waals surface area contributed by atoms with E-state index in [1.807, 2.05) is 24.3 Å². The van der Waals surface area contributed by atoms with Gasteiger partial charge in [-0.3, -0.25) is 5.84 Å². The van der Waals surface area contributed by atoms with Gasteiger partial charge in [0.25, 0.3) is 0 Å². The lowest BCUT2D eigenvalue weighted by atomic mass is 9.91. The Bertz CT molecular complexity index is 606. The number of hydrazine groups is 1. The molecule has 0 fully saturated rings. The molecule has 2 rings (SSSR count). The Morgan fingerprint density at radius 1 is 1.00 bits per heavy atom. The zero-order valence-electron chi connectivity index (χ0n) is 12.9. The molecule has 3 N–H and O–H groups in total. The van der Waals surface area contributed by atoms with Crippen LogP contribution in [0.25, 0.3) is 0 Å². The molecule has 0 bridgehead atoms. The first kappa shape index (κ1) is 15.4. The average Bonchev–Trinajstić information content (AvgIpc) is 2.50. The van der Waals surface area contributed by atoms with Gasteiger partial charge in [0.1, 0.15) is 11.5 Å². The lowest BCUT2D eigenvalue weighted by Gasteiger charge is -2.23. The second kappa shape index (κ2) is 6.61. The molecular formula is C17H22N2O2. The Hall–Kier alpha value is -2.04. The van der Waals surface area contributed by atoms with Gasteiger partial charge < -0.3 is 9.47 Å². The van der Waals surface area contributed by atoms with Crippen molar-refractivity contribution in [1.29, 1.82) is 0 Å². The summed E-state index contributed by atoms with van der Waals surface area (Å²) in [6.45, 7) is 4.17. The van der Waals surface area contributed by atoms with Crippen molar-refractivity contribution in [3.05, 3.63) is 58.7 Å². The minimum absolute atomic E-state index is 0.132. The summed E-state index contributed by atoms with van der Waals surface area (Å²) in [5.41, 5.74) is 7.44. The van der Waals surface area contributed by atoms with Crippen molar-refractivity contribution in [2.45, 2.75) is 19.9 Å². The first-order valence-electron chi connectivity index (χ1n) is 6.86. The number of aryl methyl sites for hydroxylation is 2. The molecule has 4 heteroatoms. The molecule has 112 valence electrons. The number of hydrogen-bond donors (Lipinski definition) is 2. The van der Waals surface area contributed by atoms with E-state index < -0.39 is 0 Å². The van der Waals surface area contributed by atoms with Crippen molar-refractivity contribution in [2.24, 2.45) is 5.84 Å². The highest BCUT2D eigenvalue weighted by Crippen LogP contribution is 2.35. The topological polar surface area (TPSA) is 56.5 Å². The maximum absolute atomic E-state index is 5.83. The van der Waals surface area contributed by atoms with Gasteiger partial charge in [-0.05, 0) is 42.7 Å². The lowest BCUT2D eigenvalue weighted by molar-refractivity contribution is 0.387. The summed E-state index contributed by atoms with van der Waals surface area (Å²) in [5.74, 6) is 7.34. The van der Waals surface area contributed by atoms with Crippen LogP contribution in [0.3, 0.4) is 0 Å². The van der Waals surface area contributed by atoms with E-state index >= 15 is 0 Å². The Labute approximate surface area is 125 Å². The molecule has 0 aliphatic heterocycles. The highest BCUT2D eigenvalue weighted by molar-refractivity contribution is 5.49. The van der Waals surface area contributed by atoms with E-state index in [1.54, 1.807) is 14.2 Å². The van der Waals surface area contributed by atoms with Gasteiger partial charge >= 0.3 is 0 Å². The highest BCUT2D eigenvalue weighted by atomic mass is 16.5. The SMILES string of the molecule is COc1ccc(C(NN)c2c(C)cccc2C)c(OC)c1. The molecule has 0 saturated heterocycles. The van der Waals surface area contributed by atoms with Crippen molar-refractivity contribution in [3.8, 4) is 11.5 Å². The molecule has 21 heavy (non-hydrogen) atoms. The Balaban J connectivity index is 2.56. The summed E-state index contributed by atoms with van der Waals surface area (Å²) >= 11 is 0. The molecule has 0 heterocycles. The predicted octanol–water partition coefficient (Wildman–Crippen LogP) is 2.87. The van der Waals surface area contributed by atoms with Gasteiger partial charge in [0.05, 0.1) is 20.3 Å². The summed E-state index contributed by atoms with van der Waals surface area (Å²) in [7, 11) is 3.29. The second-order valence-corrected chi connectivity index (χ2v) is 5.01. The van der Waals surface area contributed by atoms with Gasteiger partial charge in [-0.2, -0.15) is 0 Å². The standard InChI is InChI=1S/C17H22N2O2/c1-11-6-5-7-12(2)16(11)17(19-18)14-9-8-13(20-3)10-15(14)21-4/h5-10,17,19H,18H2,1-4H3. The Morgan fingerprint density at radius 2 is 1.67 bits per heavy atom.